The van der Waals surface area contributed by atoms with Crippen LogP contribution in [0.2, 0.25) is 0 Å². The lowest BCUT2D eigenvalue weighted by Crippen LogP contribution is -2.59. The van der Waals surface area contributed by atoms with Gasteiger partial charge in [-0.15, -0.1) is 0 Å². The third-order valence-corrected chi connectivity index (χ3v) is 11.9. The minimum atomic E-state index is -1.55. The van der Waals surface area contributed by atoms with E-state index in [0.717, 1.165) is 48.8 Å². The maximum absolute atomic E-state index is 14.2. The summed E-state index contributed by atoms with van der Waals surface area (Å²) in [7, 11) is 0. The number of rotatable bonds is 17. The van der Waals surface area contributed by atoms with Crippen LogP contribution in [-0.2, 0) is 67.3 Å². The highest BCUT2D eigenvalue weighted by Gasteiger charge is 2.32. The molecule has 3 unspecified atom stereocenters. The summed E-state index contributed by atoms with van der Waals surface area (Å²) in [5, 5.41) is 21.3. The number of fused-ring (bicyclic) bond motifs is 1. The summed E-state index contributed by atoms with van der Waals surface area (Å²) in [6.07, 6.45) is 4.92. The lowest BCUT2D eigenvalue weighted by molar-refractivity contribution is -0.136. The lowest BCUT2D eigenvalue weighted by Gasteiger charge is -2.25. The van der Waals surface area contributed by atoms with E-state index in [4.69, 9.17) is 33.4 Å². The SMILES string of the molecule is CC(=O)NCC(=O)NC1CC(=O)NCCCCC(C(N)=O)NC(=O)[C@H](Cc2c[nH]c3ccccc23)NC(=O)CNC(=O)C(Cc2ccccc2)NC(=O)[C@H](COCc2ccccc2)NC1=O.CCCCN=C(N)N.CCCN=C(N)N. The molecular formula is C55H80N16O10. The van der Waals surface area contributed by atoms with E-state index in [9.17, 15) is 43.2 Å². The summed E-state index contributed by atoms with van der Waals surface area (Å²) in [5.41, 5.74) is 28.7. The minimum absolute atomic E-state index is 0.00607. The number of primary amides is 1. The number of para-hydroxylation sites is 1. The normalized spacial score (nSPS) is 18.6. The van der Waals surface area contributed by atoms with E-state index >= 15 is 0 Å². The number of hydrogen-bond acceptors (Lipinski definition) is 12. The smallest absolute Gasteiger partial charge is 0.245 e. The van der Waals surface area contributed by atoms with Crippen LogP contribution in [0.15, 0.2) is 101 Å². The van der Waals surface area contributed by atoms with Gasteiger partial charge in [-0.3, -0.25) is 53.1 Å². The summed E-state index contributed by atoms with van der Waals surface area (Å²) in [6, 6.07) is 18.3. The molecule has 9 amide bonds. The molecule has 26 nitrogen and oxygen atoms in total. The molecule has 4 aromatic rings. The molecular weight excluding hydrogens is 1040 g/mol. The molecule has 81 heavy (non-hydrogen) atoms. The molecule has 26 heteroatoms. The molecule has 0 saturated carbocycles. The van der Waals surface area contributed by atoms with Crippen LogP contribution in [0.3, 0.4) is 0 Å². The Kier molecular flexibility index (Phi) is 30.2. The summed E-state index contributed by atoms with van der Waals surface area (Å²) in [4.78, 5) is 130. The number of unbranched alkanes of at least 4 members (excludes halogenated alkanes) is 1. The van der Waals surface area contributed by atoms with E-state index in [1.54, 1.807) is 60.8 Å². The molecule has 5 rings (SSSR count). The molecule has 1 saturated heterocycles. The minimum Gasteiger partial charge on any atom is -0.374 e. The first-order chi connectivity index (χ1) is 38.8. The standard InChI is InChI=1S/C46H56N10O10.C5H13N3.C4H11N3/c1-28(57)49-24-40(59)53-37-22-39(58)48-19-11-10-18-34(42(47)61)54-44(63)36(21-31-23-50-33-17-9-8-16-32(31)33)52-41(60)25-51-43(62)35(20-29-12-4-2-5-13-29)55-46(65)38(56-45(37)64)27-66-26-30-14-6-3-7-15-30;1-2-3-4-8-5(6)7;1-2-3-7-4(5)6/h2-9,12-17,23,34-38,50H,10-11,18-22,24-27H2,1H3,(H2,47,61)(H,48,58)(H,49,57)(H,51,62)(H,52,60)(H,53,59)(H,54,63)(H,55,65)(H,56,64);2-4H2,1H3,(H4,6,7,8);2-3H2,1H3,(H4,5,6,7)/t34?,35?,36-,37?,38-;;/m0../s1. The van der Waals surface area contributed by atoms with Gasteiger partial charge in [0.2, 0.25) is 53.2 Å². The average Bonchev–Trinajstić information content (AvgIpc) is 3.90. The third kappa shape index (κ3) is 26.9. The number of nitrogens with one attached hydrogen (secondary N) is 9. The van der Waals surface area contributed by atoms with E-state index in [1.807, 2.05) is 37.3 Å². The molecule has 1 fully saturated rings. The Morgan fingerprint density at radius 1 is 0.654 bits per heavy atom. The molecule has 19 N–H and O–H groups in total. The molecule has 5 atom stereocenters. The first-order valence-corrected chi connectivity index (χ1v) is 26.7. The maximum atomic E-state index is 14.2. The molecule has 0 bridgehead atoms. The molecule has 1 aromatic heterocycles. The topological polar surface area (TPSA) is 430 Å². The van der Waals surface area contributed by atoms with Gasteiger partial charge in [0.1, 0.15) is 30.2 Å². The Hall–Kier alpha value is -9.07. The number of nitrogens with zero attached hydrogens (tertiary/aromatic N) is 2. The van der Waals surface area contributed by atoms with Crippen molar-refractivity contribution in [1.29, 1.82) is 0 Å². The molecule has 2 heterocycles. The lowest BCUT2D eigenvalue weighted by atomic mass is 10.0. The van der Waals surface area contributed by atoms with Gasteiger partial charge in [0.05, 0.1) is 32.7 Å². The van der Waals surface area contributed by atoms with Crippen LogP contribution in [0.4, 0.5) is 0 Å². The van der Waals surface area contributed by atoms with Crippen molar-refractivity contribution in [2.24, 2.45) is 38.7 Å². The summed E-state index contributed by atoms with van der Waals surface area (Å²) in [6.45, 7) is 5.35. The maximum Gasteiger partial charge on any atom is 0.245 e. The van der Waals surface area contributed by atoms with Crippen LogP contribution in [-0.4, -0.2) is 140 Å². The number of H-pyrrole nitrogens is 1. The monoisotopic (exact) mass is 1120 g/mol. The van der Waals surface area contributed by atoms with Gasteiger partial charge >= 0.3 is 0 Å². The van der Waals surface area contributed by atoms with E-state index < -0.39 is 109 Å². The molecule has 440 valence electrons. The van der Waals surface area contributed by atoms with E-state index in [-0.39, 0.29) is 44.3 Å². The van der Waals surface area contributed by atoms with Crippen LogP contribution in [0.5, 0.6) is 0 Å². The number of ether oxygens (including phenoxy) is 1. The molecule has 0 spiro atoms. The highest BCUT2D eigenvalue weighted by atomic mass is 16.5. The summed E-state index contributed by atoms with van der Waals surface area (Å²) in [5.74, 6) is -6.53. The summed E-state index contributed by atoms with van der Waals surface area (Å²) >= 11 is 0. The van der Waals surface area contributed by atoms with Crippen molar-refractivity contribution < 1.29 is 47.9 Å². The first-order valence-electron chi connectivity index (χ1n) is 26.7. The van der Waals surface area contributed by atoms with E-state index in [0.29, 0.717) is 24.0 Å². The van der Waals surface area contributed by atoms with Gasteiger partial charge in [0.15, 0.2) is 11.9 Å². The number of aliphatic imine (C=N–C) groups is 2. The van der Waals surface area contributed by atoms with Crippen molar-refractivity contribution in [1.82, 2.24) is 47.5 Å². The number of carbonyl (C=O) groups excluding carboxylic acids is 9. The van der Waals surface area contributed by atoms with Crippen molar-refractivity contribution in [3.8, 4) is 0 Å². The zero-order valence-electron chi connectivity index (χ0n) is 46.2. The average molecular weight is 1130 g/mol. The zero-order chi connectivity index (χ0) is 59.5. The number of benzene rings is 3. The largest absolute Gasteiger partial charge is 0.374 e. The van der Waals surface area contributed by atoms with Crippen molar-refractivity contribution in [3.05, 3.63) is 108 Å². The fourth-order valence-corrected chi connectivity index (χ4v) is 7.70. The number of aromatic amines is 1. The first kappa shape index (κ1) is 66.2. The quantitative estimate of drug-likeness (QED) is 0.0334. The molecule has 1 aliphatic rings. The van der Waals surface area contributed by atoms with Crippen LogP contribution >= 0.6 is 0 Å². The molecule has 1 aliphatic heterocycles. The highest BCUT2D eigenvalue weighted by Crippen LogP contribution is 2.19. The van der Waals surface area contributed by atoms with Crippen LogP contribution in [0.25, 0.3) is 10.9 Å². The second-order valence-electron chi connectivity index (χ2n) is 18.7. The molecule has 3 aromatic carbocycles. The van der Waals surface area contributed by atoms with Gasteiger partial charge in [0.25, 0.3) is 0 Å². The van der Waals surface area contributed by atoms with Gasteiger partial charge in [-0.25, -0.2) is 0 Å². The van der Waals surface area contributed by atoms with Gasteiger partial charge in [-0.05, 0) is 54.9 Å². The number of amides is 9. The third-order valence-electron chi connectivity index (χ3n) is 11.9. The van der Waals surface area contributed by atoms with Gasteiger partial charge in [0, 0.05) is 56.5 Å². The van der Waals surface area contributed by atoms with Gasteiger partial charge in [-0.1, -0.05) is 99.1 Å². The van der Waals surface area contributed by atoms with Crippen LogP contribution < -0.4 is 71.2 Å². The molecule has 0 aliphatic carbocycles. The Labute approximate surface area is 471 Å². The van der Waals surface area contributed by atoms with Crippen molar-refractivity contribution in [2.75, 3.05) is 39.3 Å². The fourth-order valence-electron chi connectivity index (χ4n) is 7.70. The Morgan fingerprint density at radius 2 is 1.27 bits per heavy atom. The number of nitrogens with two attached hydrogens (primary N) is 5. The number of carbonyl (C=O) groups is 9. The highest BCUT2D eigenvalue weighted by molar-refractivity contribution is 5.98. The predicted molar refractivity (Wildman–Crippen MR) is 307 cm³/mol. The van der Waals surface area contributed by atoms with E-state index in [1.165, 1.54) is 6.92 Å². The predicted octanol–water partition coefficient (Wildman–Crippen LogP) is -1.25. The fraction of sp³-hybridized carbons (Fsp3) is 0.436. The number of guanidine groups is 2. The Balaban J connectivity index is 0.00000101. The zero-order valence-corrected chi connectivity index (χ0v) is 46.2. The Morgan fingerprint density at radius 3 is 1.90 bits per heavy atom. The van der Waals surface area contributed by atoms with E-state index in [2.05, 4.69) is 64.4 Å². The number of aromatic nitrogens is 1. The van der Waals surface area contributed by atoms with Gasteiger partial charge < -0.3 is 80.9 Å². The van der Waals surface area contributed by atoms with Crippen LogP contribution in [0, 0.1) is 0 Å². The van der Waals surface area contributed by atoms with Crippen molar-refractivity contribution >= 4 is 76.0 Å². The molecule has 0 radical (unpaired) electrons. The second kappa shape index (κ2) is 36.9. The van der Waals surface area contributed by atoms with Gasteiger partial charge in [-0.2, -0.15) is 0 Å². The second-order valence-corrected chi connectivity index (χ2v) is 18.7. The van der Waals surface area contributed by atoms with Crippen LogP contribution in [0.1, 0.15) is 82.4 Å². The van der Waals surface area contributed by atoms with Crippen molar-refractivity contribution in [2.45, 2.75) is 115 Å². The summed E-state index contributed by atoms with van der Waals surface area (Å²) < 4.78 is 5.86. The van der Waals surface area contributed by atoms with Crippen molar-refractivity contribution in [3.63, 3.8) is 0 Å². The Bertz CT molecular complexity index is 2710. The number of hydrogen-bond donors (Lipinski definition) is 14.